The van der Waals surface area contributed by atoms with Crippen molar-refractivity contribution < 1.29 is 4.79 Å². The number of amides is 1. The van der Waals surface area contributed by atoms with Crippen molar-refractivity contribution in [1.82, 2.24) is 15.1 Å². The Balaban J connectivity index is 1.65. The molecule has 1 saturated heterocycles. The molecular weight excluding hydrogens is 238 g/mol. The van der Waals surface area contributed by atoms with Crippen LogP contribution in [-0.4, -0.2) is 61.0 Å². The predicted molar refractivity (Wildman–Crippen MR) is 78.2 cm³/mol. The number of nitrogens with one attached hydrogen (secondary N) is 1. The van der Waals surface area contributed by atoms with Gasteiger partial charge in [0.1, 0.15) is 0 Å². The monoisotopic (exact) mass is 267 g/mol. The molecule has 4 nitrogen and oxygen atoms in total. The van der Waals surface area contributed by atoms with Crippen molar-refractivity contribution in [3.63, 3.8) is 0 Å². The van der Waals surface area contributed by atoms with Gasteiger partial charge in [-0.15, -0.1) is 0 Å². The molecule has 1 atom stereocenters. The van der Waals surface area contributed by atoms with E-state index in [9.17, 15) is 4.79 Å². The Morgan fingerprint density at radius 3 is 2.63 bits per heavy atom. The minimum atomic E-state index is 0.309. The average molecular weight is 267 g/mol. The van der Waals surface area contributed by atoms with Gasteiger partial charge in [0.25, 0.3) is 0 Å². The Bertz CT molecular complexity index is 285. The third-order valence-electron chi connectivity index (χ3n) is 4.33. The zero-order chi connectivity index (χ0) is 13.7. The molecule has 1 heterocycles. The molecule has 1 unspecified atom stereocenters. The second-order valence-electron chi connectivity index (χ2n) is 6.08. The van der Waals surface area contributed by atoms with Gasteiger partial charge in [-0.25, -0.2) is 0 Å². The Morgan fingerprint density at radius 2 is 2.05 bits per heavy atom. The standard InChI is InChI=1S/C15H29N3O/c1-3-18(14-7-8-14)15(19)12-17(2)11-9-13-6-4-5-10-16-13/h13-14,16H,3-12H2,1-2H3. The minimum Gasteiger partial charge on any atom is -0.339 e. The SMILES string of the molecule is CCN(C(=O)CN(C)CCC1CCCCN1)C1CC1. The summed E-state index contributed by atoms with van der Waals surface area (Å²) < 4.78 is 0. The molecule has 2 rings (SSSR count). The van der Waals surface area contributed by atoms with E-state index >= 15 is 0 Å². The van der Waals surface area contributed by atoms with Crippen LogP contribution in [0.2, 0.25) is 0 Å². The van der Waals surface area contributed by atoms with Gasteiger partial charge in [0.2, 0.25) is 5.91 Å². The van der Waals surface area contributed by atoms with E-state index in [1.54, 1.807) is 0 Å². The van der Waals surface area contributed by atoms with Crippen molar-refractivity contribution >= 4 is 5.91 Å². The molecule has 0 aromatic rings. The highest BCUT2D eigenvalue weighted by Gasteiger charge is 2.31. The highest BCUT2D eigenvalue weighted by atomic mass is 16.2. The molecule has 19 heavy (non-hydrogen) atoms. The lowest BCUT2D eigenvalue weighted by Gasteiger charge is -2.27. The van der Waals surface area contributed by atoms with Crippen molar-refractivity contribution in [2.45, 2.75) is 57.5 Å². The number of nitrogens with zero attached hydrogens (tertiary/aromatic N) is 2. The van der Waals surface area contributed by atoms with E-state index in [4.69, 9.17) is 0 Å². The van der Waals surface area contributed by atoms with Crippen molar-refractivity contribution in [3.8, 4) is 0 Å². The summed E-state index contributed by atoms with van der Waals surface area (Å²) >= 11 is 0. The van der Waals surface area contributed by atoms with Crippen LogP contribution in [-0.2, 0) is 4.79 Å². The first-order valence-electron chi connectivity index (χ1n) is 7.92. The molecule has 0 aromatic heterocycles. The summed E-state index contributed by atoms with van der Waals surface area (Å²) in [6.07, 6.45) is 7.54. The summed E-state index contributed by atoms with van der Waals surface area (Å²) in [5, 5.41) is 3.57. The van der Waals surface area contributed by atoms with Crippen LogP contribution in [0.3, 0.4) is 0 Å². The maximum Gasteiger partial charge on any atom is 0.236 e. The molecule has 1 aliphatic carbocycles. The molecule has 0 bridgehead atoms. The van der Waals surface area contributed by atoms with E-state index in [0.717, 1.165) is 13.1 Å². The van der Waals surface area contributed by atoms with Gasteiger partial charge in [-0.3, -0.25) is 9.69 Å². The Hall–Kier alpha value is -0.610. The van der Waals surface area contributed by atoms with Crippen LogP contribution in [0.5, 0.6) is 0 Å². The number of hydrogen-bond acceptors (Lipinski definition) is 3. The van der Waals surface area contributed by atoms with Gasteiger partial charge in [0.15, 0.2) is 0 Å². The first-order chi connectivity index (χ1) is 9.20. The normalized spacial score (nSPS) is 23.6. The van der Waals surface area contributed by atoms with Gasteiger partial charge in [-0.2, -0.15) is 0 Å². The fraction of sp³-hybridized carbons (Fsp3) is 0.933. The molecule has 1 saturated carbocycles. The summed E-state index contributed by atoms with van der Waals surface area (Å²) in [5.74, 6) is 0.309. The predicted octanol–water partition coefficient (Wildman–Crippen LogP) is 1.46. The van der Waals surface area contributed by atoms with Gasteiger partial charge in [0.05, 0.1) is 6.54 Å². The molecule has 4 heteroatoms. The van der Waals surface area contributed by atoms with E-state index in [1.165, 1.54) is 45.1 Å². The van der Waals surface area contributed by atoms with Crippen LogP contribution in [0, 0.1) is 0 Å². The number of carbonyl (C=O) groups excluding carboxylic acids is 1. The van der Waals surface area contributed by atoms with Crippen molar-refractivity contribution in [3.05, 3.63) is 0 Å². The summed E-state index contributed by atoms with van der Waals surface area (Å²) in [5.41, 5.74) is 0. The Morgan fingerprint density at radius 1 is 1.26 bits per heavy atom. The highest BCUT2D eigenvalue weighted by molar-refractivity contribution is 5.78. The lowest BCUT2D eigenvalue weighted by atomic mass is 10.0. The van der Waals surface area contributed by atoms with Crippen LogP contribution in [0.4, 0.5) is 0 Å². The van der Waals surface area contributed by atoms with E-state index < -0.39 is 0 Å². The highest BCUT2D eigenvalue weighted by Crippen LogP contribution is 2.26. The van der Waals surface area contributed by atoms with E-state index in [1.807, 2.05) is 0 Å². The third-order valence-corrected chi connectivity index (χ3v) is 4.33. The molecule has 1 aliphatic heterocycles. The lowest BCUT2D eigenvalue weighted by molar-refractivity contribution is -0.132. The number of likely N-dealkylation sites (N-methyl/N-ethyl adjacent to an activating group) is 2. The second kappa shape index (κ2) is 7.25. The third kappa shape index (κ3) is 4.77. The number of piperidine rings is 1. The maximum atomic E-state index is 12.2. The molecule has 0 aromatic carbocycles. The summed E-state index contributed by atoms with van der Waals surface area (Å²) in [6, 6.07) is 1.21. The van der Waals surface area contributed by atoms with Crippen molar-refractivity contribution in [2.75, 3.05) is 33.2 Å². The van der Waals surface area contributed by atoms with E-state index in [2.05, 4.69) is 29.1 Å². The molecule has 2 fully saturated rings. The van der Waals surface area contributed by atoms with Crippen LogP contribution in [0.1, 0.15) is 45.4 Å². The zero-order valence-corrected chi connectivity index (χ0v) is 12.5. The van der Waals surface area contributed by atoms with E-state index in [-0.39, 0.29) is 0 Å². The number of hydrogen-bond donors (Lipinski definition) is 1. The van der Waals surface area contributed by atoms with Crippen molar-refractivity contribution in [1.29, 1.82) is 0 Å². The lowest BCUT2D eigenvalue weighted by Crippen LogP contribution is -2.42. The van der Waals surface area contributed by atoms with Gasteiger partial charge in [-0.1, -0.05) is 6.42 Å². The fourth-order valence-electron chi connectivity index (χ4n) is 2.97. The average Bonchev–Trinajstić information content (AvgIpc) is 3.23. The second-order valence-corrected chi connectivity index (χ2v) is 6.08. The number of carbonyl (C=O) groups is 1. The molecule has 2 aliphatic rings. The molecule has 110 valence electrons. The molecule has 1 N–H and O–H groups in total. The first-order valence-corrected chi connectivity index (χ1v) is 7.92. The van der Waals surface area contributed by atoms with Gasteiger partial charge < -0.3 is 10.2 Å². The molecule has 1 amide bonds. The Labute approximate surface area is 117 Å². The first kappa shape index (κ1) is 14.8. The van der Waals surface area contributed by atoms with Crippen LogP contribution in [0.25, 0.3) is 0 Å². The van der Waals surface area contributed by atoms with Crippen molar-refractivity contribution in [2.24, 2.45) is 0 Å². The van der Waals surface area contributed by atoms with Gasteiger partial charge in [-0.05, 0) is 59.2 Å². The zero-order valence-electron chi connectivity index (χ0n) is 12.5. The molecular formula is C15H29N3O. The fourth-order valence-corrected chi connectivity index (χ4v) is 2.97. The van der Waals surface area contributed by atoms with Gasteiger partial charge >= 0.3 is 0 Å². The largest absolute Gasteiger partial charge is 0.339 e. The summed E-state index contributed by atoms with van der Waals surface area (Å²) in [6.45, 7) is 5.71. The topological polar surface area (TPSA) is 35.6 Å². The Kier molecular flexibility index (Phi) is 5.64. The molecule has 0 spiro atoms. The van der Waals surface area contributed by atoms with Crippen LogP contribution in [0.15, 0.2) is 0 Å². The van der Waals surface area contributed by atoms with Gasteiger partial charge in [0, 0.05) is 18.6 Å². The number of rotatable bonds is 7. The van der Waals surface area contributed by atoms with E-state index in [0.29, 0.717) is 24.5 Å². The summed E-state index contributed by atoms with van der Waals surface area (Å²) in [4.78, 5) is 16.4. The minimum absolute atomic E-state index is 0.309. The van der Waals surface area contributed by atoms with Crippen LogP contribution >= 0.6 is 0 Å². The quantitative estimate of drug-likeness (QED) is 0.758. The summed E-state index contributed by atoms with van der Waals surface area (Å²) in [7, 11) is 2.07. The smallest absolute Gasteiger partial charge is 0.236 e. The van der Waals surface area contributed by atoms with Crippen LogP contribution < -0.4 is 5.32 Å². The maximum absolute atomic E-state index is 12.2. The molecule has 0 radical (unpaired) electrons.